The third-order valence-electron chi connectivity index (χ3n) is 1.62. The van der Waals surface area contributed by atoms with Crippen molar-refractivity contribution in [1.82, 2.24) is 0 Å². The van der Waals surface area contributed by atoms with Crippen molar-refractivity contribution in [3.8, 4) is 6.07 Å². The van der Waals surface area contributed by atoms with E-state index in [-0.39, 0.29) is 0 Å². The van der Waals surface area contributed by atoms with Gasteiger partial charge in [0, 0.05) is 4.91 Å². The molecule has 15 heavy (non-hydrogen) atoms. The Morgan fingerprint density at radius 3 is 2.73 bits per heavy atom. The lowest BCUT2D eigenvalue weighted by Gasteiger charge is -1.97. The molecule has 0 fully saturated rings. The Labute approximate surface area is 96.7 Å². The lowest BCUT2D eigenvalue weighted by Crippen LogP contribution is -1.77. The maximum Gasteiger partial charge on any atom is 0.0958 e. The Morgan fingerprint density at radius 2 is 2.13 bits per heavy atom. The Kier molecular flexibility index (Phi) is 5.52. The van der Waals surface area contributed by atoms with Crippen LogP contribution >= 0.6 is 11.8 Å². The van der Waals surface area contributed by atoms with Gasteiger partial charge in [-0.25, -0.2) is 4.21 Å². The second-order valence-corrected chi connectivity index (χ2v) is 4.39. The van der Waals surface area contributed by atoms with Gasteiger partial charge in [0.25, 0.3) is 0 Å². The van der Waals surface area contributed by atoms with Crippen LogP contribution in [0.1, 0.15) is 12.0 Å². The molecule has 0 aliphatic rings. The van der Waals surface area contributed by atoms with Gasteiger partial charge in [-0.15, -0.1) is 0 Å². The van der Waals surface area contributed by atoms with Crippen LogP contribution in [0.15, 0.2) is 35.2 Å². The number of allylic oxidation sites excluding steroid dienone is 1. The molecule has 0 saturated carbocycles. The third-order valence-corrected chi connectivity index (χ3v) is 2.88. The van der Waals surface area contributed by atoms with Crippen molar-refractivity contribution in [1.29, 1.82) is 5.26 Å². The molecule has 1 aromatic carbocycles. The van der Waals surface area contributed by atoms with Crippen LogP contribution in [0.5, 0.6) is 0 Å². The fraction of sp³-hybridized carbons (Fsp3) is 0.0909. The number of hydrogen-bond acceptors (Lipinski definition) is 3. The second kappa shape index (κ2) is 7.04. The molecule has 0 bridgehead atoms. The number of nitrogens with zero attached hydrogens (tertiary/aromatic N) is 1. The van der Waals surface area contributed by atoms with Gasteiger partial charge in [-0.1, -0.05) is 42.1 Å². The van der Waals surface area contributed by atoms with Gasteiger partial charge in [-0.3, -0.25) is 0 Å². The zero-order valence-corrected chi connectivity index (χ0v) is 9.55. The highest BCUT2D eigenvalue weighted by atomic mass is 32.2. The SMILES string of the molecule is N#CCC(=Cc1ccccc1)SC=S=O. The maximum absolute atomic E-state index is 10.2. The van der Waals surface area contributed by atoms with Crippen molar-refractivity contribution in [3.05, 3.63) is 40.8 Å². The first-order chi connectivity index (χ1) is 7.36. The predicted molar refractivity (Wildman–Crippen MR) is 66.4 cm³/mol. The van der Waals surface area contributed by atoms with Crippen LogP contribution in [-0.2, 0) is 11.3 Å². The number of nitriles is 1. The highest BCUT2D eigenvalue weighted by Gasteiger charge is 1.96. The van der Waals surface area contributed by atoms with Crippen molar-refractivity contribution < 1.29 is 4.21 Å². The minimum absolute atomic E-state index is 0.330. The summed E-state index contributed by atoms with van der Waals surface area (Å²) in [7, 11) is 0. The Bertz CT molecular complexity index is 428. The summed E-state index contributed by atoms with van der Waals surface area (Å²) in [5.74, 6) is 0. The minimum Gasteiger partial charge on any atom is -0.212 e. The van der Waals surface area contributed by atoms with E-state index in [9.17, 15) is 4.21 Å². The molecule has 0 unspecified atom stereocenters. The normalized spacial score (nSPS) is 10.5. The monoisotopic (exact) mass is 235 g/mol. The summed E-state index contributed by atoms with van der Waals surface area (Å²) < 4.78 is 11.7. The van der Waals surface area contributed by atoms with Gasteiger partial charge < -0.3 is 0 Å². The smallest absolute Gasteiger partial charge is 0.0958 e. The van der Waals surface area contributed by atoms with Crippen LogP contribution in [0, 0.1) is 11.3 Å². The summed E-state index contributed by atoms with van der Waals surface area (Å²) in [6.07, 6.45) is 2.25. The van der Waals surface area contributed by atoms with E-state index in [1.165, 1.54) is 16.5 Å². The molecule has 4 heteroatoms. The van der Waals surface area contributed by atoms with Crippen molar-refractivity contribution in [2.45, 2.75) is 6.42 Å². The van der Waals surface area contributed by atoms with E-state index < -0.39 is 0 Å². The summed E-state index contributed by atoms with van der Waals surface area (Å²) in [6.45, 7) is 0. The van der Waals surface area contributed by atoms with Crippen LogP contribution in [0.4, 0.5) is 0 Å². The summed E-state index contributed by atoms with van der Waals surface area (Å²) in [5.41, 5.74) is 1.04. The predicted octanol–water partition coefficient (Wildman–Crippen LogP) is 2.65. The average Bonchev–Trinajstić information content (AvgIpc) is 2.28. The van der Waals surface area contributed by atoms with Crippen molar-refractivity contribution in [2.24, 2.45) is 0 Å². The number of benzene rings is 1. The first kappa shape index (κ1) is 11.8. The average molecular weight is 235 g/mol. The van der Waals surface area contributed by atoms with Crippen LogP contribution in [0.2, 0.25) is 0 Å². The highest BCUT2D eigenvalue weighted by molar-refractivity contribution is 8.21. The number of hydrogen-bond donors (Lipinski definition) is 0. The van der Waals surface area contributed by atoms with E-state index in [2.05, 4.69) is 6.07 Å². The molecule has 0 heterocycles. The molecule has 1 aromatic rings. The van der Waals surface area contributed by atoms with Crippen molar-refractivity contribution in [2.75, 3.05) is 0 Å². The van der Waals surface area contributed by atoms with Crippen LogP contribution in [0.25, 0.3) is 6.08 Å². The molecule has 0 radical (unpaired) electrons. The van der Waals surface area contributed by atoms with E-state index in [4.69, 9.17) is 5.26 Å². The molecular weight excluding hydrogens is 226 g/mol. The van der Waals surface area contributed by atoms with Gasteiger partial charge in [-0.05, 0) is 11.6 Å². The quantitative estimate of drug-likeness (QED) is 0.753. The van der Waals surface area contributed by atoms with E-state index in [1.807, 2.05) is 36.4 Å². The fourth-order valence-corrected chi connectivity index (χ4v) is 2.02. The van der Waals surface area contributed by atoms with Crippen molar-refractivity contribution >= 4 is 33.8 Å². The van der Waals surface area contributed by atoms with Gasteiger partial charge >= 0.3 is 0 Å². The maximum atomic E-state index is 10.2. The molecule has 2 nitrogen and oxygen atoms in total. The molecule has 0 aliphatic heterocycles. The first-order valence-corrected chi connectivity index (χ1v) is 5.95. The molecule has 0 aromatic heterocycles. The molecule has 0 atom stereocenters. The Hall–Kier alpha value is -1.31. The number of rotatable bonds is 4. The molecule has 0 amide bonds. The fourth-order valence-electron chi connectivity index (χ4n) is 1.02. The van der Waals surface area contributed by atoms with E-state index in [1.54, 1.807) is 0 Å². The van der Waals surface area contributed by atoms with E-state index >= 15 is 0 Å². The largest absolute Gasteiger partial charge is 0.212 e. The molecule has 1 rings (SSSR count). The molecule has 0 spiro atoms. The molecule has 0 saturated heterocycles. The lowest BCUT2D eigenvalue weighted by atomic mass is 10.2. The van der Waals surface area contributed by atoms with Gasteiger partial charge in [0.2, 0.25) is 0 Å². The Morgan fingerprint density at radius 1 is 1.40 bits per heavy atom. The van der Waals surface area contributed by atoms with Gasteiger partial charge in [-0.2, -0.15) is 5.26 Å². The summed E-state index contributed by atoms with van der Waals surface area (Å²) in [4.78, 5) is 0.882. The van der Waals surface area contributed by atoms with Gasteiger partial charge in [0.05, 0.1) is 28.4 Å². The number of thioether (sulfide) groups is 1. The van der Waals surface area contributed by atoms with Gasteiger partial charge in [0.1, 0.15) is 0 Å². The van der Waals surface area contributed by atoms with Crippen LogP contribution in [0.3, 0.4) is 0 Å². The lowest BCUT2D eigenvalue weighted by molar-refractivity contribution is 0.701. The summed E-state index contributed by atoms with van der Waals surface area (Å²) in [6, 6.07) is 11.8. The minimum atomic E-state index is 0.330. The summed E-state index contributed by atoms with van der Waals surface area (Å²) >= 11 is 1.71. The van der Waals surface area contributed by atoms with Crippen LogP contribution in [-0.4, -0.2) is 8.91 Å². The molecule has 76 valence electrons. The topological polar surface area (TPSA) is 40.9 Å². The molecule has 0 N–H and O–H groups in total. The second-order valence-electron chi connectivity index (χ2n) is 2.67. The third kappa shape index (κ3) is 4.63. The molecular formula is C11H9NOS2. The van der Waals surface area contributed by atoms with E-state index in [0.29, 0.717) is 17.7 Å². The Balaban J connectivity index is 2.84. The van der Waals surface area contributed by atoms with E-state index in [0.717, 1.165) is 10.5 Å². The molecule has 0 aliphatic carbocycles. The standard InChI is InChI=1S/C11H9NOS2/c12-7-6-11(14-9-15-13)8-10-4-2-1-3-5-10/h1-5,8-9H,6H2. The first-order valence-electron chi connectivity index (χ1n) is 4.26. The highest BCUT2D eigenvalue weighted by Crippen LogP contribution is 2.19. The van der Waals surface area contributed by atoms with Crippen LogP contribution < -0.4 is 0 Å². The van der Waals surface area contributed by atoms with Gasteiger partial charge in [0.15, 0.2) is 0 Å². The van der Waals surface area contributed by atoms with Crippen molar-refractivity contribution in [3.63, 3.8) is 0 Å². The zero-order valence-electron chi connectivity index (χ0n) is 7.92. The summed E-state index contributed by atoms with van der Waals surface area (Å²) in [5, 5.41) is 8.61. The zero-order chi connectivity index (χ0) is 10.9.